The molecule has 3 rings (SSSR count). The fraction of sp³-hybridized carbons (Fsp3) is 0.421. The Morgan fingerprint density at radius 3 is 2.44 bits per heavy atom. The molecular weight excluding hydrogens is 314 g/mol. The lowest BCUT2D eigenvalue weighted by molar-refractivity contribution is 0.0658. The maximum absolute atomic E-state index is 12.8. The predicted molar refractivity (Wildman–Crippen MR) is 99.4 cm³/mol. The standard InChI is InChI=1S/C19H25N5O/c1-13-5-6-16(14(2)11-13)21-19-20-15(3)12-17(22-19)18(25)24-9-7-23(4)8-10-24/h5-6,11-12H,7-10H2,1-4H3,(H,20,21,22). The summed E-state index contributed by atoms with van der Waals surface area (Å²) < 4.78 is 0. The number of piperazine rings is 1. The molecule has 6 heteroatoms. The molecule has 1 aliphatic rings. The summed E-state index contributed by atoms with van der Waals surface area (Å²) in [5, 5.41) is 3.24. The first-order valence-electron chi connectivity index (χ1n) is 8.60. The first-order valence-corrected chi connectivity index (χ1v) is 8.60. The van der Waals surface area contributed by atoms with Crippen molar-refractivity contribution in [2.75, 3.05) is 38.5 Å². The monoisotopic (exact) mass is 339 g/mol. The summed E-state index contributed by atoms with van der Waals surface area (Å²) in [6.45, 7) is 9.24. The van der Waals surface area contributed by atoms with E-state index in [1.807, 2.05) is 30.9 Å². The van der Waals surface area contributed by atoms with E-state index in [2.05, 4.69) is 40.2 Å². The molecule has 0 saturated carbocycles. The van der Waals surface area contributed by atoms with Crippen LogP contribution in [0.15, 0.2) is 24.3 Å². The van der Waals surface area contributed by atoms with E-state index in [1.165, 1.54) is 5.56 Å². The minimum atomic E-state index is -0.0257. The van der Waals surface area contributed by atoms with Crippen molar-refractivity contribution >= 4 is 17.5 Å². The zero-order chi connectivity index (χ0) is 18.0. The number of likely N-dealkylation sites (N-methyl/N-ethyl adjacent to an activating group) is 1. The molecule has 0 unspecified atom stereocenters. The number of amides is 1. The number of nitrogens with one attached hydrogen (secondary N) is 1. The van der Waals surface area contributed by atoms with Crippen molar-refractivity contribution in [3.63, 3.8) is 0 Å². The maximum Gasteiger partial charge on any atom is 0.272 e. The Labute approximate surface area is 148 Å². The van der Waals surface area contributed by atoms with Gasteiger partial charge in [-0.2, -0.15) is 0 Å². The number of nitrogens with zero attached hydrogens (tertiary/aromatic N) is 4. The van der Waals surface area contributed by atoms with Crippen molar-refractivity contribution in [1.82, 2.24) is 19.8 Å². The number of benzene rings is 1. The van der Waals surface area contributed by atoms with Crippen molar-refractivity contribution in [1.29, 1.82) is 0 Å². The van der Waals surface area contributed by atoms with Crippen molar-refractivity contribution in [3.05, 3.63) is 46.8 Å². The molecule has 1 N–H and O–H groups in total. The van der Waals surface area contributed by atoms with E-state index >= 15 is 0 Å². The highest BCUT2D eigenvalue weighted by Crippen LogP contribution is 2.20. The summed E-state index contributed by atoms with van der Waals surface area (Å²) in [6.07, 6.45) is 0. The summed E-state index contributed by atoms with van der Waals surface area (Å²) in [6, 6.07) is 7.92. The minimum Gasteiger partial charge on any atom is -0.335 e. The Morgan fingerprint density at radius 2 is 1.76 bits per heavy atom. The molecule has 1 aliphatic heterocycles. The first-order chi connectivity index (χ1) is 11.9. The lowest BCUT2D eigenvalue weighted by Gasteiger charge is -2.32. The molecule has 0 atom stereocenters. The number of anilines is 2. The molecule has 1 aromatic carbocycles. The number of hydrogen-bond donors (Lipinski definition) is 1. The van der Waals surface area contributed by atoms with Crippen molar-refractivity contribution < 1.29 is 4.79 Å². The summed E-state index contributed by atoms with van der Waals surface area (Å²) in [4.78, 5) is 25.7. The lowest BCUT2D eigenvalue weighted by Crippen LogP contribution is -2.47. The van der Waals surface area contributed by atoms with E-state index in [1.54, 1.807) is 6.07 Å². The van der Waals surface area contributed by atoms with Crippen LogP contribution in [0.4, 0.5) is 11.6 Å². The van der Waals surface area contributed by atoms with Gasteiger partial charge in [0, 0.05) is 37.6 Å². The molecule has 1 amide bonds. The molecule has 132 valence electrons. The van der Waals surface area contributed by atoms with Gasteiger partial charge in [-0.25, -0.2) is 9.97 Å². The molecule has 0 bridgehead atoms. The van der Waals surface area contributed by atoms with Crippen molar-refractivity contribution in [2.45, 2.75) is 20.8 Å². The predicted octanol–water partition coefficient (Wildman–Crippen LogP) is 2.53. The second kappa shape index (κ2) is 7.19. The molecule has 6 nitrogen and oxygen atoms in total. The molecule has 1 saturated heterocycles. The van der Waals surface area contributed by atoms with Crippen LogP contribution in [-0.2, 0) is 0 Å². The number of carbonyl (C=O) groups excluding carboxylic acids is 1. The van der Waals surface area contributed by atoms with E-state index in [9.17, 15) is 4.79 Å². The van der Waals surface area contributed by atoms with Crippen LogP contribution in [0.1, 0.15) is 27.3 Å². The number of hydrogen-bond acceptors (Lipinski definition) is 5. The quantitative estimate of drug-likeness (QED) is 0.931. The fourth-order valence-corrected chi connectivity index (χ4v) is 2.98. The van der Waals surface area contributed by atoms with E-state index in [0.29, 0.717) is 11.6 Å². The first kappa shape index (κ1) is 17.4. The molecule has 0 radical (unpaired) electrons. The maximum atomic E-state index is 12.8. The van der Waals surface area contributed by atoms with E-state index in [4.69, 9.17) is 0 Å². The number of rotatable bonds is 3. The minimum absolute atomic E-state index is 0.0257. The third-order valence-corrected chi connectivity index (χ3v) is 4.49. The highest BCUT2D eigenvalue weighted by Gasteiger charge is 2.22. The van der Waals surface area contributed by atoms with Gasteiger partial charge in [-0.1, -0.05) is 17.7 Å². The van der Waals surface area contributed by atoms with Gasteiger partial charge in [0.15, 0.2) is 0 Å². The summed E-state index contributed by atoms with van der Waals surface area (Å²) in [5.41, 5.74) is 4.51. The summed E-state index contributed by atoms with van der Waals surface area (Å²) >= 11 is 0. The summed E-state index contributed by atoms with van der Waals surface area (Å²) in [5.74, 6) is 0.437. The third kappa shape index (κ3) is 4.14. The third-order valence-electron chi connectivity index (χ3n) is 4.49. The van der Waals surface area contributed by atoms with Crippen LogP contribution in [0, 0.1) is 20.8 Å². The Kier molecular flexibility index (Phi) is 4.99. The molecule has 2 aromatic rings. The van der Waals surface area contributed by atoms with E-state index < -0.39 is 0 Å². The van der Waals surface area contributed by atoms with E-state index in [-0.39, 0.29) is 5.91 Å². The zero-order valence-electron chi connectivity index (χ0n) is 15.3. The largest absolute Gasteiger partial charge is 0.335 e. The van der Waals surface area contributed by atoms with Crippen LogP contribution in [-0.4, -0.2) is 58.9 Å². The molecule has 1 fully saturated rings. The molecule has 2 heterocycles. The second-order valence-electron chi connectivity index (χ2n) is 6.76. The van der Waals surface area contributed by atoms with Gasteiger partial charge in [0.25, 0.3) is 5.91 Å². The van der Waals surface area contributed by atoms with Gasteiger partial charge in [-0.05, 0) is 45.5 Å². The fourth-order valence-electron chi connectivity index (χ4n) is 2.98. The molecule has 0 spiro atoms. The Balaban J connectivity index is 1.81. The average Bonchev–Trinajstić information content (AvgIpc) is 2.57. The Hall–Kier alpha value is -2.47. The second-order valence-corrected chi connectivity index (χ2v) is 6.76. The molecule has 0 aliphatic carbocycles. The van der Waals surface area contributed by atoms with Gasteiger partial charge < -0.3 is 15.1 Å². The highest BCUT2D eigenvalue weighted by atomic mass is 16.2. The molecule has 1 aromatic heterocycles. The number of aromatic nitrogens is 2. The van der Waals surface area contributed by atoms with Crippen LogP contribution in [0.25, 0.3) is 0 Å². The smallest absolute Gasteiger partial charge is 0.272 e. The highest BCUT2D eigenvalue weighted by molar-refractivity contribution is 5.92. The van der Waals surface area contributed by atoms with Gasteiger partial charge in [-0.15, -0.1) is 0 Å². The molecular formula is C19H25N5O. The summed E-state index contributed by atoms with van der Waals surface area (Å²) in [7, 11) is 2.07. The van der Waals surface area contributed by atoms with Crippen molar-refractivity contribution in [3.8, 4) is 0 Å². The normalized spacial score (nSPS) is 15.3. The van der Waals surface area contributed by atoms with Gasteiger partial charge >= 0.3 is 0 Å². The SMILES string of the molecule is Cc1ccc(Nc2nc(C)cc(C(=O)N3CCN(C)CC3)n2)c(C)c1. The van der Waals surface area contributed by atoms with Crippen LogP contribution in [0.5, 0.6) is 0 Å². The van der Waals surface area contributed by atoms with Crippen LogP contribution in [0.3, 0.4) is 0 Å². The Bertz CT molecular complexity index is 781. The van der Waals surface area contributed by atoms with Crippen LogP contribution < -0.4 is 5.32 Å². The van der Waals surface area contributed by atoms with E-state index in [0.717, 1.165) is 43.1 Å². The topological polar surface area (TPSA) is 61.4 Å². The van der Waals surface area contributed by atoms with Crippen LogP contribution >= 0.6 is 0 Å². The van der Waals surface area contributed by atoms with Gasteiger partial charge in [-0.3, -0.25) is 4.79 Å². The van der Waals surface area contributed by atoms with Gasteiger partial charge in [0.05, 0.1) is 0 Å². The van der Waals surface area contributed by atoms with Gasteiger partial charge in [0.1, 0.15) is 5.69 Å². The van der Waals surface area contributed by atoms with Crippen molar-refractivity contribution in [2.24, 2.45) is 0 Å². The number of aryl methyl sites for hydroxylation is 3. The zero-order valence-corrected chi connectivity index (χ0v) is 15.3. The van der Waals surface area contributed by atoms with Crippen LogP contribution in [0.2, 0.25) is 0 Å². The average molecular weight is 339 g/mol. The van der Waals surface area contributed by atoms with Gasteiger partial charge in [0.2, 0.25) is 5.95 Å². The lowest BCUT2D eigenvalue weighted by atomic mass is 10.1. The number of carbonyl (C=O) groups is 1. The Morgan fingerprint density at radius 1 is 1.04 bits per heavy atom. The molecule has 25 heavy (non-hydrogen) atoms.